The number of benzene rings is 2. The van der Waals surface area contributed by atoms with Crippen molar-refractivity contribution in [2.24, 2.45) is 0 Å². The third-order valence-electron chi connectivity index (χ3n) is 4.79. The van der Waals surface area contributed by atoms with E-state index in [4.69, 9.17) is 4.74 Å². The van der Waals surface area contributed by atoms with Gasteiger partial charge in [-0.15, -0.1) is 0 Å². The van der Waals surface area contributed by atoms with Gasteiger partial charge in [0.2, 0.25) is 5.78 Å². The number of non-ortho nitro benzene ring substituents is 1. The highest BCUT2D eigenvalue weighted by molar-refractivity contribution is 9.10. The minimum Gasteiger partial charge on any atom is -0.478 e. The molecule has 27 heavy (non-hydrogen) atoms. The van der Waals surface area contributed by atoms with Crippen LogP contribution in [0.2, 0.25) is 0 Å². The Bertz CT molecular complexity index is 892. The van der Waals surface area contributed by atoms with Crippen LogP contribution in [0.4, 0.5) is 5.69 Å². The van der Waals surface area contributed by atoms with E-state index in [0.717, 1.165) is 10.0 Å². The van der Waals surface area contributed by atoms with Gasteiger partial charge in [0.25, 0.3) is 5.69 Å². The van der Waals surface area contributed by atoms with E-state index in [1.54, 1.807) is 19.1 Å². The van der Waals surface area contributed by atoms with Gasteiger partial charge in [-0.25, -0.2) is 0 Å². The molecule has 0 saturated heterocycles. The van der Waals surface area contributed by atoms with E-state index >= 15 is 0 Å². The van der Waals surface area contributed by atoms with Crippen molar-refractivity contribution >= 4 is 33.2 Å². The molecule has 1 aliphatic heterocycles. The lowest BCUT2D eigenvalue weighted by Gasteiger charge is -2.33. The molecule has 1 aliphatic rings. The molecule has 2 atom stereocenters. The van der Waals surface area contributed by atoms with E-state index in [9.17, 15) is 20.0 Å². The first kappa shape index (κ1) is 19.3. The summed E-state index contributed by atoms with van der Waals surface area (Å²) in [5.74, 6) is -0.169. The Morgan fingerprint density at radius 2 is 1.81 bits per heavy atom. The van der Waals surface area contributed by atoms with Gasteiger partial charge in [-0.3, -0.25) is 14.9 Å². The minimum absolute atomic E-state index is 0.0287. The number of hydrogen-bond acceptors (Lipinski definition) is 5. The maximum absolute atomic E-state index is 12.8. The standard InChI is InChI=1S/C20H18BrNO5/c1-20(17(10-11-23)13-4-8-16(9-5-13)22(25)26)19(24)12-18(27-20)14-2-6-15(21)7-3-14/h2-9,12,17,23H,10-11H2,1H3/t17-,20+/m0/s1. The summed E-state index contributed by atoms with van der Waals surface area (Å²) in [6.07, 6.45) is 1.76. The van der Waals surface area contributed by atoms with Crippen LogP contribution in [0, 0.1) is 10.1 Å². The molecule has 0 aromatic heterocycles. The molecule has 7 heteroatoms. The van der Waals surface area contributed by atoms with E-state index in [1.165, 1.54) is 18.2 Å². The molecule has 2 aromatic rings. The molecule has 0 bridgehead atoms. The van der Waals surface area contributed by atoms with Crippen molar-refractivity contribution in [3.05, 3.63) is 80.3 Å². The number of nitrogens with zero attached hydrogens (tertiary/aromatic N) is 1. The fourth-order valence-corrected chi connectivity index (χ4v) is 3.55. The van der Waals surface area contributed by atoms with Gasteiger partial charge >= 0.3 is 0 Å². The third-order valence-corrected chi connectivity index (χ3v) is 5.32. The maximum Gasteiger partial charge on any atom is 0.269 e. The zero-order chi connectivity index (χ0) is 19.6. The average Bonchev–Trinajstić information content (AvgIpc) is 2.96. The lowest BCUT2D eigenvalue weighted by atomic mass is 9.79. The van der Waals surface area contributed by atoms with Gasteiger partial charge in [0, 0.05) is 40.8 Å². The Balaban J connectivity index is 1.92. The highest BCUT2D eigenvalue weighted by Crippen LogP contribution is 2.43. The molecular formula is C20H18BrNO5. The largest absolute Gasteiger partial charge is 0.478 e. The molecule has 0 saturated carbocycles. The number of rotatable bonds is 6. The predicted octanol–water partition coefficient (Wildman–Crippen LogP) is 4.22. The van der Waals surface area contributed by atoms with E-state index in [2.05, 4.69) is 15.9 Å². The molecule has 0 radical (unpaired) electrons. The second-order valence-electron chi connectivity index (χ2n) is 6.50. The number of halogens is 1. The lowest BCUT2D eigenvalue weighted by molar-refractivity contribution is -0.384. The van der Waals surface area contributed by atoms with Gasteiger partial charge < -0.3 is 9.84 Å². The first-order valence-corrected chi connectivity index (χ1v) is 9.21. The zero-order valence-corrected chi connectivity index (χ0v) is 16.2. The minimum atomic E-state index is -1.19. The summed E-state index contributed by atoms with van der Waals surface area (Å²) in [5, 5.41) is 20.4. The Kier molecular flexibility index (Phi) is 5.43. The predicted molar refractivity (Wildman–Crippen MR) is 104 cm³/mol. The summed E-state index contributed by atoms with van der Waals surface area (Å²) in [7, 11) is 0. The van der Waals surface area contributed by atoms with Crippen LogP contribution in [0.15, 0.2) is 59.1 Å². The van der Waals surface area contributed by atoms with Gasteiger partial charge in [-0.1, -0.05) is 40.2 Å². The zero-order valence-electron chi connectivity index (χ0n) is 14.6. The Morgan fingerprint density at radius 1 is 1.19 bits per heavy atom. The Morgan fingerprint density at radius 3 is 2.37 bits per heavy atom. The number of ketones is 1. The fourth-order valence-electron chi connectivity index (χ4n) is 3.29. The van der Waals surface area contributed by atoms with Crippen LogP contribution >= 0.6 is 15.9 Å². The molecule has 6 nitrogen and oxygen atoms in total. The smallest absolute Gasteiger partial charge is 0.269 e. The quantitative estimate of drug-likeness (QED) is 0.545. The van der Waals surface area contributed by atoms with E-state index in [0.29, 0.717) is 17.7 Å². The summed E-state index contributed by atoms with van der Waals surface area (Å²) >= 11 is 3.38. The highest BCUT2D eigenvalue weighted by atomic mass is 79.9. The molecular weight excluding hydrogens is 414 g/mol. The molecule has 2 aromatic carbocycles. The summed E-state index contributed by atoms with van der Waals surface area (Å²) in [6, 6.07) is 13.4. The number of carbonyl (C=O) groups excluding carboxylic acids is 1. The van der Waals surface area contributed by atoms with Crippen molar-refractivity contribution < 1.29 is 19.6 Å². The molecule has 3 rings (SSSR count). The lowest BCUT2D eigenvalue weighted by Crippen LogP contribution is -2.40. The van der Waals surface area contributed by atoms with Crippen LogP contribution in [0.25, 0.3) is 5.76 Å². The number of hydrogen-bond donors (Lipinski definition) is 1. The molecule has 140 valence electrons. The summed E-state index contributed by atoms with van der Waals surface area (Å²) in [6.45, 7) is 1.56. The van der Waals surface area contributed by atoms with Crippen LogP contribution < -0.4 is 0 Å². The first-order chi connectivity index (χ1) is 12.8. The average molecular weight is 432 g/mol. The molecule has 0 unspecified atom stereocenters. The van der Waals surface area contributed by atoms with Crippen molar-refractivity contribution in [3.8, 4) is 0 Å². The SMILES string of the molecule is C[C@]1([C@@H](CCO)c2ccc([N+](=O)[O-])cc2)OC(c2ccc(Br)cc2)=CC1=O. The van der Waals surface area contributed by atoms with Crippen molar-refractivity contribution in [2.45, 2.75) is 24.9 Å². The number of aliphatic hydroxyl groups excluding tert-OH is 1. The Hall–Kier alpha value is -2.51. The van der Waals surface area contributed by atoms with Crippen LogP contribution in [0.5, 0.6) is 0 Å². The van der Waals surface area contributed by atoms with Gasteiger partial charge in [0.1, 0.15) is 5.76 Å². The Labute approximate surface area is 164 Å². The van der Waals surface area contributed by atoms with Crippen LogP contribution in [-0.2, 0) is 9.53 Å². The van der Waals surface area contributed by atoms with Gasteiger partial charge in [0.15, 0.2) is 5.60 Å². The van der Waals surface area contributed by atoms with Crippen molar-refractivity contribution in [1.29, 1.82) is 0 Å². The van der Waals surface area contributed by atoms with Crippen molar-refractivity contribution in [2.75, 3.05) is 6.61 Å². The third kappa shape index (κ3) is 3.79. The molecule has 0 spiro atoms. The van der Waals surface area contributed by atoms with E-state index in [1.807, 2.05) is 24.3 Å². The van der Waals surface area contributed by atoms with Crippen LogP contribution in [0.3, 0.4) is 0 Å². The van der Waals surface area contributed by atoms with Gasteiger partial charge in [0.05, 0.1) is 4.92 Å². The van der Waals surface area contributed by atoms with E-state index < -0.39 is 16.4 Å². The molecule has 1 N–H and O–H groups in total. The van der Waals surface area contributed by atoms with Crippen molar-refractivity contribution in [1.82, 2.24) is 0 Å². The van der Waals surface area contributed by atoms with Crippen LogP contribution in [-0.4, -0.2) is 28.0 Å². The molecule has 0 aliphatic carbocycles. The summed E-state index contributed by atoms with van der Waals surface area (Å²) in [5.41, 5.74) is 0.262. The molecule has 0 fully saturated rings. The maximum atomic E-state index is 12.8. The monoisotopic (exact) mass is 431 g/mol. The summed E-state index contributed by atoms with van der Waals surface area (Å²) in [4.78, 5) is 23.2. The number of carbonyl (C=O) groups is 1. The second-order valence-corrected chi connectivity index (χ2v) is 7.42. The first-order valence-electron chi connectivity index (χ1n) is 8.41. The fraction of sp³-hybridized carbons (Fsp3) is 0.250. The van der Waals surface area contributed by atoms with Gasteiger partial charge in [-0.2, -0.15) is 0 Å². The topological polar surface area (TPSA) is 89.7 Å². The number of nitro benzene ring substituents is 1. The van der Waals surface area contributed by atoms with Crippen molar-refractivity contribution in [3.63, 3.8) is 0 Å². The molecule has 1 heterocycles. The molecule has 0 amide bonds. The summed E-state index contributed by atoms with van der Waals surface area (Å²) < 4.78 is 7.00. The number of nitro groups is 1. The van der Waals surface area contributed by atoms with Crippen LogP contribution in [0.1, 0.15) is 30.4 Å². The normalized spacial score (nSPS) is 20.1. The number of aliphatic hydroxyl groups is 1. The van der Waals surface area contributed by atoms with Gasteiger partial charge in [-0.05, 0) is 31.0 Å². The second kappa shape index (κ2) is 7.62. The van der Waals surface area contributed by atoms with E-state index in [-0.39, 0.29) is 18.1 Å². The number of ether oxygens (including phenoxy) is 1. The highest BCUT2D eigenvalue weighted by Gasteiger charge is 2.47.